The van der Waals surface area contributed by atoms with Gasteiger partial charge < -0.3 is 14.8 Å². The van der Waals surface area contributed by atoms with Crippen LogP contribution in [0.25, 0.3) is 0 Å². The van der Waals surface area contributed by atoms with Crippen molar-refractivity contribution in [3.05, 3.63) is 29.8 Å². The van der Waals surface area contributed by atoms with Crippen LogP contribution in [0.15, 0.2) is 24.3 Å². The molecule has 0 spiro atoms. The monoisotopic (exact) mass is 263 g/mol. The predicted octanol–water partition coefficient (Wildman–Crippen LogP) is 3.30. The van der Waals surface area contributed by atoms with Gasteiger partial charge in [-0.25, -0.2) is 0 Å². The first-order valence-electron chi connectivity index (χ1n) is 7.25. The molecule has 0 aliphatic heterocycles. The summed E-state index contributed by atoms with van der Waals surface area (Å²) >= 11 is 0. The molecule has 1 aliphatic carbocycles. The Kier molecular flexibility index (Phi) is 5.23. The standard InChI is InChI=1S/C16H25NO2/c1-4-6-15(18-3)16(17-2)12-7-5-8-14(11-12)19-13-9-10-13/h5,7-8,11,13,15-17H,4,6,9-10H2,1-3H3. The van der Waals surface area contributed by atoms with Gasteiger partial charge in [-0.2, -0.15) is 0 Å². The number of hydrogen-bond acceptors (Lipinski definition) is 3. The smallest absolute Gasteiger partial charge is 0.120 e. The second-order valence-corrected chi connectivity index (χ2v) is 5.22. The van der Waals surface area contributed by atoms with Crippen molar-refractivity contribution in [3.8, 4) is 5.75 Å². The molecule has 1 N–H and O–H groups in total. The van der Waals surface area contributed by atoms with Gasteiger partial charge in [0, 0.05) is 7.11 Å². The van der Waals surface area contributed by atoms with Crippen LogP contribution in [-0.2, 0) is 4.74 Å². The van der Waals surface area contributed by atoms with E-state index < -0.39 is 0 Å². The van der Waals surface area contributed by atoms with Gasteiger partial charge in [-0.1, -0.05) is 25.5 Å². The minimum Gasteiger partial charge on any atom is -0.490 e. The summed E-state index contributed by atoms with van der Waals surface area (Å²) in [6.45, 7) is 2.19. The summed E-state index contributed by atoms with van der Waals surface area (Å²) in [5, 5.41) is 3.37. The highest BCUT2D eigenvalue weighted by molar-refractivity contribution is 5.31. The third-order valence-corrected chi connectivity index (χ3v) is 3.60. The average molecular weight is 263 g/mol. The fourth-order valence-corrected chi connectivity index (χ4v) is 2.43. The molecule has 0 amide bonds. The van der Waals surface area contributed by atoms with E-state index in [0.29, 0.717) is 6.10 Å². The van der Waals surface area contributed by atoms with Crippen LogP contribution in [0.3, 0.4) is 0 Å². The van der Waals surface area contributed by atoms with E-state index in [0.717, 1.165) is 18.6 Å². The van der Waals surface area contributed by atoms with E-state index in [2.05, 4.69) is 30.4 Å². The quantitative estimate of drug-likeness (QED) is 0.780. The largest absolute Gasteiger partial charge is 0.490 e. The summed E-state index contributed by atoms with van der Waals surface area (Å²) in [6.07, 6.45) is 5.19. The van der Waals surface area contributed by atoms with E-state index in [9.17, 15) is 0 Å². The molecule has 1 aliphatic rings. The molecule has 0 heterocycles. The van der Waals surface area contributed by atoms with Gasteiger partial charge in [-0.05, 0) is 44.0 Å². The van der Waals surface area contributed by atoms with Gasteiger partial charge in [-0.3, -0.25) is 0 Å². The Labute approximate surface area is 116 Å². The number of benzene rings is 1. The third kappa shape index (κ3) is 3.95. The Balaban J connectivity index is 2.11. The number of ether oxygens (including phenoxy) is 2. The normalized spacial score (nSPS) is 18.1. The summed E-state index contributed by atoms with van der Waals surface area (Å²) < 4.78 is 11.5. The van der Waals surface area contributed by atoms with Crippen LogP contribution in [0.4, 0.5) is 0 Å². The SMILES string of the molecule is CCCC(OC)C(NC)c1cccc(OC2CC2)c1. The lowest BCUT2D eigenvalue weighted by atomic mass is 9.98. The molecule has 3 nitrogen and oxygen atoms in total. The van der Waals surface area contributed by atoms with Crippen LogP contribution < -0.4 is 10.1 Å². The number of methoxy groups -OCH3 is 1. The van der Waals surface area contributed by atoms with E-state index in [-0.39, 0.29) is 12.1 Å². The first kappa shape index (κ1) is 14.4. The maximum atomic E-state index is 5.87. The maximum absolute atomic E-state index is 5.87. The molecular weight excluding hydrogens is 238 g/mol. The van der Waals surface area contributed by atoms with E-state index in [4.69, 9.17) is 9.47 Å². The van der Waals surface area contributed by atoms with Crippen molar-refractivity contribution in [2.24, 2.45) is 0 Å². The predicted molar refractivity (Wildman–Crippen MR) is 77.6 cm³/mol. The van der Waals surface area contributed by atoms with Crippen LogP contribution in [0, 0.1) is 0 Å². The van der Waals surface area contributed by atoms with Gasteiger partial charge >= 0.3 is 0 Å². The molecule has 106 valence electrons. The highest BCUT2D eigenvalue weighted by atomic mass is 16.5. The lowest BCUT2D eigenvalue weighted by Gasteiger charge is -2.26. The number of rotatable bonds is 8. The van der Waals surface area contributed by atoms with Gasteiger partial charge in [0.15, 0.2) is 0 Å². The van der Waals surface area contributed by atoms with Crippen molar-refractivity contribution < 1.29 is 9.47 Å². The van der Waals surface area contributed by atoms with Gasteiger partial charge in [0.25, 0.3) is 0 Å². The number of hydrogen-bond donors (Lipinski definition) is 1. The zero-order valence-corrected chi connectivity index (χ0v) is 12.2. The van der Waals surface area contributed by atoms with Crippen LogP contribution in [0.5, 0.6) is 5.75 Å². The first-order chi connectivity index (χ1) is 9.28. The van der Waals surface area contributed by atoms with Crippen LogP contribution in [0.2, 0.25) is 0 Å². The summed E-state index contributed by atoms with van der Waals surface area (Å²) in [4.78, 5) is 0. The molecule has 0 bridgehead atoms. The Morgan fingerprint density at radius 2 is 2.16 bits per heavy atom. The Bertz CT molecular complexity index is 390. The molecule has 2 rings (SSSR count). The van der Waals surface area contributed by atoms with E-state index in [1.807, 2.05) is 13.1 Å². The summed E-state index contributed by atoms with van der Waals surface area (Å²) in [5.74, 6) is 0.978. The highest BCUT2D eigenvalue weighted by Gasteiger charge is 2.25. The molecule has 2 unspecified atom stereocenters. The topological polar surface area (TPSA) is 30.5 Å². The summed E-state index contributed by atoms with van der Waals surface area (Å²) in [6, 6.07) is 8.60. The summed E-state index contributed by atoms with van der Waals surface area (Å²) in [5.41, 5.74) is 1.24. The average Bonchev–Trinajstić information content (AvgIpc) is 3.23. The summed E-state index contributed by atoms with van der Waals surface area (Å²) in [7, 11) is 3.77. The number of nitrogens with one attached hydrogen (secondary N) is 1. The van der Waals surface area contributed by atoms with Crippen molar-refractivity contribution in [3.63, 3.8) is 0 Å². The lowest BCUT2D eigenvalue weighted by molar-refractivity contribution is 0.0629. The lowest BCUT2D eigenvalue weighted by Crippen LogP contribution is -2.30. The van der Waals surface area contributed by atoms with Crippen LogP contribution in [0.1, 0.15) is 44.2 Å². The zero-order chi connectivity index (χ0) is 13.7. The van der Waals surface area contributed by atoms with E-state index in [1.54, 1.807) is 7.11 Å². The first-order valence-corrected chi connectivity index (χ1v) is 7.25. The fraction of sp³-hybridized carbons (Fsp3) is 0.625. The minimum absolute atomic E-state index is 0.200. The van der Waals surface area contributed by atoms with Crippen molar-refractivity contribution in [2.75, 3.05) is 14.2 Å². The molecule has 1 saturated carbocycles. The molecule has 3 heteroatoms. The van der Waals surface area contributed by atoms with E-state index >= 15 is 0 Å². The maximum Gasteiger partial charge on any atom is 0.120 e. The Morgan fingerprint density at radius 1 is 1.37 bits per heavy atom. The molecule has 0 aromatic heterocycles. The Hall–Kier alpha value is -1.06. The van der Waals surface area contributed by atoms with Gasteiger partial charge in [0.1, 0.15) is 5.75 Å². The zero-order valence-electron chi connectivity index (χ0n) is 12.2. The number of likely N-dealkylation sites (N-methyl/N-ethyl adjacent to an activating group) is 1. The highest BCUT2D eigenvalue weighted by Crippen LogP contribution is 2.29. The fourth-order valence-electron chi connectivity index (χ4n) is 2.43. The van der Waals surface area contributed by atoms with Crippen molar-refractivity contribution in [1.29, 1.82) is 0 Å². The van der Waals surface area contributed by atoms with Crippen LogP contribution >= 0.6 is 0 Å². The molecule has 2 atom stereocenters. The molecule has 0 saturated heterocycles. The Morgan fingerprint density at radius 3 is 2.74 bits per heavy atom. The molecular formula is C16H25NO2. The second-order valence-electron chi connectivity index (χ2n) is 5.22. The van der Waals surface area contributed by atoms with Gasteiger partial charge in [-0.15, -0.1) is 0 Å². The van der Waals surface area contributed by atoms with Crippen molar-refractivity contribution in [1.82, 2.24) is 5.32 Å². The third-order valence-electron chi connectivity index (χ3n) is 3.60. The van der Waals surface area contributed by atoms with Gasteiger partial charge in [0.05, 0.1) is 18.2 Å². The van der Waals surface area contributed by atoms with Gasteiger partial charge in [0.2, 0.25) is 0 Å². The second kappa shape index (κ2) is 6.92. The van der Waals surface area contributed by atoms with Crippen molar-refractivity contribution in [2.45, 2.75) is 50.9 Å². The van der Waals surface area contributed by atoms with Crippen LogP contribution in [-0.4, -0.2) is 26.4 Å². The minimum atomic E-state index is 0.200. The van der Waals surface area contributed by atoms with Crippen molar-refractivity contribution >= 4 is 0 Å². The van der Waals surface area contributed by atoms with E-state index in [1.165, 1.54) is 18.4 Å². The molecule has 0 radical (unpaired) electrons. The molecule has 1 aromatic rings. The molecule has 1 aromatic carbocycles. The molecule has 19 heavy (non-hydrogen) atoms. The molecule has 1 fully saturated rings.